The van der Waals surface area contributed by atoms with Crippen LogP contribution in [-0.2, 0) is 10.0 Å². The number of aromatic nitrogens is 1. The smallest absolute Gasteiger partial charge is 0.268 e. The molecule has 0 unspecified atom stereocenters. The van der Waals surface area contributed by atoms with Crippen LogP contribution >= 0.6 is 0 Å². The molecular formula is C17H16N2O4S. The summed E-state index contributed by atoms with van der Waals surface area (Å²) < 4.78 is 27.2. The maximum atomic E-state index is 13.1. The molecule has 0 aliphatic carbocycles. The lowest BCUT2D eigenvalue weighted by Crippen LogP contribution is -2.40. The second-order valence-electron chi connectivity index (χ2n) is 5.26. The van der Waals surface area contributed by atoms with Gasteiger partial charge in [0, 0.05) is 10.6 Å². The van der Waals surface area contributed by atoms with Crippen LogP contribution in [0.2, 0.25) is 0 Å². The summed E-state index contributed by atoms with van der Waals surface area (Å²) in [5.41, 5.74) is 5.76. The molecule has 0 radical (unpaired) electrons. The first-order valence-electron chi connectivity index (χ1n) is 7.10. The van der Waals surface area contributed by atoms with Gasteiger partial charge in [0.2, 0.25) is 0 Å². The van der Waals surface area contributed by atoms with Gasteiger partial charge in [0.25, 0.3) is 10.0 Å². The highest BCUT2D eigenvalue weighted by Crippen LogP contribution is 2.17. The first-order chi connectivity index (χ1) is 11.4. The predicted molar refractivity (Wildman–Crippen MR) is 91.6 cm³/mol. The lowest BCUT2D eigenvalue weighted by atomic mass is 10.2. The quantitative estimate of drug-likeness (QED) is 0.564. The molecule has 6 nitrogen and oxygen atoms in total. The Kier molecular flexibility index (Phi) is 3.92. The van der Waals surface area contributed by atoms with Crippen LogP contribution in [0.15, 0.2) is 59.5 Å². The Hall–Kier alpha value is -2.61. The lowest BCUT2D eigenvalue weighted by molar-refractivity contribution is 0.00846. The number of para-hydroxylation sites is 1. The van der Waals surface area contributed by atoms with Gasteiger partial charge in [0.15, 0.2) is 6.29 Å². The number of rotatable bonds is 3. The Bertz CT molecular complexity index is 1120. The average molecular weight is 344 g/mol. The Morgan fingerprint density at radius 1 is 1.04 bits per heavy atom. The molecule has 1 aromatic heterocycles. The summed E-state index contributed by atoms with van der Waals surface area (Å²) >= 11 is 0. The fraction of sp³-hybridized carbons (Fsp3) is 0.0588. The molecule has 7 heteroatoms. The van der Waals surface area contributed by atoms with Gasteiger partial charge in [0.1, 0.15) is 0 Å². The van der Waals surface area contributed by atoms with Crippen LogP contribution in [0.4, 0.5) is 0 Å². The minimum absolute atomic E-state index is 0.0324. The van der Waals surface area contributed by atoms with Gasteiger partial charge < -0.3 is 15.9 Å². The molecule has 0 fully saturated rings. The van der Waals surface area contributed by atoms with Crippen LogP contribution in [0.25, 0.3) is 23.2 Å². The molecule has 0 aliphatic rings. The number of aliphatic hydroxyl groups excluding tert-OH is 1. The van der Waals surface area contributed by atoms with Crippen molar-refractivity contribution >= 4 is 33.2 Å². The van der Waals surface area contributed by atoms with E-state index in [2.05, 4.69) is 6.58 Å². The van der Waals surface area contributed by atoms with E-state index in [9.17, 15) is 18.6 Å². The standard InChI is InChI=1S/C17H16N2O4S/c1-11-13-9-5-6-10-14(13)19(16(11)15(18)17(20)21)24(22,23)12-7-3-2-4-8-12/h2-10,17,20-21H,1,18H2. The van der Waals surface area contributed by atoms with Gasteiger partial charge in [-0.25, -0.2) is 12.4 Å². The molecule has 0 saturated heterocycles. The van der Waals surface area contributed by atoms with Crippen molar-refractivity contribution in [2.75, 3.05) is 0 Å². The molecule has 1 heterocycles. The topological polar surface area (TPSA) is 106 Å². The van der Waals surface area contributed by atoms with E-state index in [0.717, 1.165) is 3.97 Å². The molecule has 0 aliphatic heterocycles. The molecule has 0 spiro atoms. The van der Waals surface area contributed by atoms with Crippen molar-refractivity contribution in [1.29, 1.82) is 0 Å². The lowest BCUT2D eigenvalue weighted by Gasteiger charge is -2.10. The third kappa shape index (κ3) is 2.39. The summed E-state index contributed by atoms with van der Waals surface area (Å²) in [5.74, 6) is 0. The molecule has 3 aromatic rings. The van der Waals surface area contributed by atoms with Gasteiger partial charge in [-0.1, -0.05) is 43.0 Å². The molecule has 0 saturated carbocycles. The minimum Gasteiger partial charge on any atom is -0.396 e. The molecular weight excluding hydrogens is 328 g/mol. The first kappa shape index (κ1) is 16.3. The van der Waals surface area contributed by atoms with Gasteiger partial charge in [-0.3, -0.25) is 0 Å². The van der Waals surface area contributed by atoms with Crippen molar-refractivity contribution in [2.24, 2.45) is 5.73 Å². The van der Waals surface area contributed by atoms with E-state index >= 15 is 0 Å². The molecule has 2 aromatic carbocycles. The van der Waals surface area contributed by atoms with Crippen LogP contribution in [0.1, 0.15) is 0 Å². The van der Waals surface area contributed by atoms with Crippen LogP contribution in [0, 0.1) is 0 Å². The summed E-state index contributed by atoms with van der Waals surface area (Å²) in [5, 5.41) is 19.7. The molecule has 124 valence electrons. The fourth-order valence-electron chi connectivity index (χ4n) is 2.64. The summed E-state index contributed by atoms with van der Waals surface area (Å²) in [6.07, 6.45) is -2.00. The fourth-order valence-corrected chi connectivity index (χ4v) is 4.22. The van der Waals surface area contributed by atoms with E-state index in [1.54, 1.807) is 42.5 Å². The van der Waals surface area contributed by atoms with Crippen molar-refractivity contribution in [3.8, 4) is 0 Å². The van der Waals surface area contributed by atoms with Crippen molar-refractivity contribution < 1.29 is 18.6 Å². The molecule has 0 atom stereocenters. The van der Waals surface area contributed by atoms with Crippen LogP contribution in [-0.4, -0.2) is 28.9 Å². The number of hydrogen-bond donors (Lipinski definition) is 3. The van der Waals surface area contributed by atoms with Crippen molar-refractivity contribution in [2.45, 2.75) is 11.2 Å². The number of hydrogen-bond acceptors (Lipinski definition) is 5. The number of nitrogens with zero attached hydrogens (tertiary/aromatic N) is 1. The number of benzene rings is 2. The summed E-state index contributed by atoms with van der Waals surface area (Å²) in [6, 6.07) is 14.6. The van der Waals surface area contributed by atoms with E-state index in [0.29, 0.717) is 16.1 Å². The van der Waals surface area contributed by atoms with E-state index in [4.69, 9.17) is 5.73 Å². The first-order valence-corrected chi connectivity index (χ1v) is 8.54. The van der Waals surface area contributed by atoms with Crippen LogP contribution in [0.3, 0.4) is 0 Å². The van der Waals surface area contributed by atoms with Gasteiger partial charge >= 0.3 is 0 Å². The van der Waals surface area contributed by atoms with Gasteiger partial charge in [-0.2, -0.15) is 0 Å². The minimum atomic E-state index is -4.00. The normalized spacial score (nSPS) is 13.5. The largest absolute Gasteiger partial charge is 0.396 e. The zero-order valence-corrected chi connectivity index (χ0v) is 13.4. The van der Waals surface area contributed by atoms with Gasteiger partial charge in [0.05, 0.1) is 21.5 Å². The van der Waals surface area contributed by atoms with E-state index < -0.39 is 16.3 Å². The molecule has 0 amide bonds. The van der Waals surface area contributed by atoms with Gasteiger partial charge in [-0.05, 0) is 18.2 Å². The zero-order chi connectivity index (χ0) is 17.5. The Morgan fingerprint density at radius 2 is 1.62 bits per heavy atom. The highest BCUT2D eigenvalue weighted by molar-refractivity contribution is 7.90. The van der Waals surface area contributed by atoms with Gasteiger partial charge in [-0.15, -0.1) is 0 Å². The van der Waals surface area contributed by atoms with Crippen molar-refractivity contribution in [3.63, 3.8) is 0 Å². The highest BCUT2D eigenvalue weighted by atomic mass is 32.2. The SMILES string of the molecule is C=c1c(=C(N)C(O)O)n(S(=O)(=O)c2ccccc2)c2ccccc12. The Labute approximate surface area is 138 Å². The van der Waals surface area contributed by atoms with E-state index in [1.807, 2.05) is 0 Å². The monoisotopic (exact) mass is 344 g/mol. The van der Waals surface area contributed by atoms with Crippen molar-refractivity contribution in [1.82, 2.24) is 3.97 Å². The zero-order valence-electron chi connectivity index (χ0n) is 12.6. The predicted octanol–water partition coefficient (Wildman–Crippen LogP) is -0.334. The molecule has 0 bridgehead atoms. The third-order valence-corrected chi connectivity index (χ3v) is 5.50. The van der Waals surface area contributed by atoms with E-state index in [1.165, 1.54) is 12.1 Å². The molecule has 3 rings (SSSR count). The second kappa shape index (κ2) is 5.79. The van der Waals surface area contributed by atoms with Crippen LogP contribution in [0.5, 0.6) is 0 Å². The Morgan fingerprint density at radius 3 is 2.25 bits per heavy atom. The average Bonchev–Trinajstić information content (AvgIpc) is 2.88. The summed E-state index contributed by atoms with van der Waals surface area (Å²) in [7, 11) is -4.00. The molecule has 4 N–H and O–H groups in total. The highest BCUT2D eigenvalue weighted by Gasteiger charge is 2.23. The number of aliphatic hydroxyl groups is 2. The maximum absolute atomic E-state index is 13.1. The molecule has 24 heavy (non-hydrogen) atoms. The second-order valence-corrected chi connectivity index (χ2v) is 7.04. The van der Waals surface area contributed by atoms with Crippen LogP contribution < -0.4 is 16.3 Å². The maximum Gasteiger partial charge on any atom is 0.268 e. The number of nitrogens with two attached hydrogens (primary N) is 1. The Balaban J connectivity index is 2.56. The summed E-state index contributed by atoms with van der Waals surface area (Å²) in [6.45, 7) is 3.87. The van der Waals surface area contributed by atoms with E-state index in [-0.39, 0.29) is 15.9 Å². The third-order valence-electron chi connectivity index (χ3n) is 3.77. The summed E-state index contributed by atoms with van der Waals surface area (Å²) in [4.78, 5) is 0.0623. The number of fused-ring (bicyclic) bond motifs is 1. The van der Waals surface area contributed by atoms with Crippen molar-refractivity contribution in [3.05, 3.63) is 65.2 Å².